The molecule has 0 aromatic heterocycles. The minimum absolute atomic E-state index is 0.297. The molecule has 3 nitrogen and oxygen atoms in total. The third kappa shape index (κ3) is 4.49. The summed E-state index contributed by atoms with van der Waals surface area (Å²) in [5.41, 5.74) is 5.13. The number of hydrazone groups is 1. The van der Waals surface area contributed by atoms with E-state index >= 15 is 0 Å². The highest BCUT2D eigenvalue weighted by Gasteiger charge is 2.25. The predicted molar refractivity (Wildman–Crippen MR) is 117 cm³/mol. The largest absolute Gasteiger partial charge is 0.294 e. The maximum atomic E-state index is 4.70. The van der Waals surface area contributed by atoms with Gasteiger partial charge in [0.15, 0.2) is 0 Å². The van der Waals surface area contributed by atoms with Crippen LogP contribution in [0.2, 0.25) is 0 Å². The van der Waals surface area contributed by atoms with Crippen LogP contribution in [0.5, 0.6) is 0 Å². The summed E-state index contributed by atoms with van der Waals surface area (Å²) in [5.74, 6) is 0. The van der Waals surface area contributed by atoms with Crippen LogP contribution in [-0.2, 0) is 0 Å². The molecule has 3 aromatic carbocycles. The maximum Gasteiger partial charge on any atom is 0.0603 e. The van der Waals surface area contributed by atoms with Gasteiger partial charge in [0.05, 0.1) is 12.3 Å². The Morgan fingerprint density at radius 2 is 1.25 bits per heavy atom. The van der Waals surface area contributed by atoms with Crippen LogP contribution >= 0.6 is 0 Å². The lowest BCUT2D eigenvalue weighted by molar-refractivity contribution is 0.113. The molecule has 0 atom stereocenters. The Balaban J connectivity index is 1.45. The number of rotatable bonds is 5. The van der Waals surface area contributed by atoms with E-state index in [1.807, 2.05) is 6.21 Å². The first-order valence-electron chi connectivity index (χ1n) is 9.99. The second kappa shape index (κ2) is 8.85. The smallest absolute Gasteiger partial charge is 0.0603 e. The van der Waals surface area contributed by atoms with Gasteiger partial charge in [-0.2, -0.15) is 5.10 Å². The molecule has 1 aliphatic rings. The topological polar surface area (TPSA) is 18.8 Å². The zero-order chi connectivity index (χ0) is 19.2. The number of hydrogen-bond acceptors (Lipinski definition) is 3. The molecule has 3 aromatic rings. The first-order chi connectivity index (χ1) is 13.8. The van der Waals surface area contributed by atoms with Crippen LogP contribution in [0, 0.1) is 6.92 Å². The molecule has 1 heterocycles. The minimum atomic E-state index is 0.297. The summed E-state index contributed by atoms with van der Waals surface area (Å²) >= 11 is 0. The summed E-state index contributed by atoms with van der Waals surface area (Å²) in [7, 11) is 0. The number of nitrogens with zero attached hydrogens (tertiary/aromatic N) is 3. The number of hydrogen-bond donors (Lipinski definition) is 0. The van der Waals surface area contributed by atoms with E-state index in [9.17, 15) is 0 Å². The molecular weight excluding hydrogens is 342 g/mol. The van der Waals surface area contributed by atoms with Crippen LogP contribution in [0.15, 0.2) is 90.0 Å². The van der Waals surface area contributed by atoms with Gasteiger partial charge in [-0.05, 0) is 23.6 Å². The summed E-state index contributed by atoms with van der Waals surface area (Å²) in [6, 6.07) is 30.4. The van der Waals surface area contributed by atoms with Crippen molar-refractivity contribution in [1.29, 1.82) is 0 Å². The van der Waals surface area contributed by atoms with Gasteiger partial charge in [-0.1, -0.05) is 90.5 Å². The van der Waals surface area contributed by atoms with Crippen molar-refractivity contribution in [3.8, 4) is 0 Å². The molecule has 0 amide bonds. The molecule has 1 fully saturated rings. The highest BCUT2D eigenvalue weighted by atomic mass is 15.5. The lowest BCUT2D eigenvalue weighted by atomic mass is 9.96. The number of aryl methyl sites for hydroxylation is 1. The van der Waals surface area contributed by atoms with E-state index in [4.69, 9.17) is 5.10 Å². The molecule has 0 spiro atoms. The average molecular weight is 370 g/mol. The van der Waals surface area contributed by atoms with Crippen LogP contribution in [0.1, 0.15) is 28.3 Å². The molecule has 0 aliphatic carbocycles. The zero-order valence-corrected chi connectivity index (χ0v) is 16.4. The highest BCUT2D eigenvalue weighted by molar-refractivity contribution is 5.79. The molecule has 142 valence electrons. The second-order valence-corrected chi connectivity index (χ2v) is 7.37. The van der Waals surface area contributed by atoms with Gasteiger partial charge in [0.25, 0.3) is 0 Å². The van der Waals surface area contributed by atoms with Gasteiger partial charge in [0.1, 0.15) is 0 Å². The normalized spacial score (nSPS) is 15.4. The first-order valence-corrected chi connectivity index (χ1v) is 9.99. The highest BCUT2D eigenvalue weighted by Crippen LogP contribution is 2.29. The molecule has 1 saturated heterocycles. The van der Waals surface area contributed by atoms with Crippen molar-refractivity contribution in [2.45, 2.75) is 13.0 Å². The predicted octanol–water partition coefficient (Wildman–Crippen LogP) is 4.74. The average Bonchev–Trinajstić information content (AvgIpc) is 2.76. The zero-order valence-electron chi connectivity index (χ0n) is 16.4. The van der Waals surface area contributed by atoms with Crippen molar-refractivity contribution < 1.29 is 0 Å². The number of piperazine rings is 1. The fourth-order valence-corrected chi connectivity index (χ4v) is 3.77. The van der Waals surface area contributed by atoms with Crippen LogP contribution in [-0.4, -0.2) is 42.3 Å². The summed E-state index contributed by atoms with van der Waals surface area (Å²) in [4.78, 5) is 2.57. The van der Waals surface area contributed by atoms with Crippen LogP contribution < -0.4 is 0 Å². The quantitative estimate of drug-likeness (QED) is 0.605. The van der Waals surface area contributed by atoms with Crippen molar-refractivity contribution in [3.63, 3.8) is 0 Å². The molecule has 4 rings (SSSR count). The van der Waals surface area contributed by atoms with E-state index in [0.29, 0.717) is 6.04 Å². The summed E-state index contributed by atoms with van der Waals surface area (Å²) in [5, 5.41) is 6.89. The molecule has 0 unspecified atom stereocenters. The fraction of sp³-hybridized carbons (Fsp3) is 0.240. The molecule has 1 aliphatic heterocycles. The van der Waals surface area contributed by atoms with Gasteiger partial charge in [-0.15, -0.1) is 0 Å². The van der Waals surface area contributed by atoms with E-state index in [1.54, 1.807) is 0 Å². The summed E-state index contributed by atoms with van der Waals surface area (Å²) < 4.78 is 0. The Labute approximate surface area is 167 Å². The van der Waals surface area contributed by atoms with E-state index in [2.05, 4.69) is 102 Å². The van der Waals surface area contributed by atoms with Crippen molar-refractivity contribution in [2.24, 2.45) is 5.10 Å². The van der Waals surface area contributed by atoms with Gasteiger partial charge in [-0.25, -0.2) is 0 Å². The molecule has 28 heavy (non-hydrogen) atoms. The molecule has 0 radical (unpaired) electrons. The molecule has 3 heteroatoms. The molecule has 0 bridgehead atoms. The molecule has 0 saturated carbocycles. The third-order valence-corrected chi connectivity index (χ3v) is 5.33. The van der Waals surface area contributed by atoms with Gasteiger partial charge in [0, 0.05) is 26.2 Å². The molecular formula is C25H27N3. The van der Waals surface area contributed by atoms with Crippen molar-refractivity contribution in [2.75, 3.05) is 26.2 Å². The Morgan fingerprint density at radius 3 is 1.79 bits per heavy atom. The summed E-state index contributed by atoms with van der Waals surface area (Å²) in [6.45, 7) is 5.99. The second-order valence-electron chi connectivity index (χ2n) is 7.37. The lowest BCUT2D eigenvalue weighted by Gasteiger charge is -2.38. The van der Waals surface area contributed by atoms with Crippen LogP contribution in [0.4, 0.5) is 0 Å². The van der Waals surface area contributed by atoms with E-state index in [0.717, 1.165) is 31.7 Å². The van der Waals surface area contributed by atoms with Crippen LogP contribution in [0.25, 0.3) is 0 Å². The van der Waals surface area contributed by atoms with Crippen molar-refractivity contribution in [3.05, 3.63) is 107 Å². The van der Waals surface area contributed by atoms with Crippen molar-refractivity contribution >= 4 is 6.21 Å². The van der Waals surface area contributed by atoms with Gasteiger partial charge in [0.2, 0.25) is 0 Å². The van der Waals surface area contributed by atoms with Gasteiger partial charge >= 0.3 is 0 Å². The molecule has 0 N–H and O–H groups in total. The minimum Gasteiger partial charge on any atom is -0.294 e. The summed E-state index contributed by atoms with van der Waals surface area (Å²) in [6.07, 6.45) is 1.97. The third-order valence-electron chi connectivity index (χ3n) is 5.33. The SMILES string of the molecule is Cc1ccc(/C=N/N2CCN(C(c3ccccc3)c3ccccc3)CC2)cc1. The fourth-order valence-electron chi connectivity index (χ4n) is 3.77. The number of benzene rings is 3. The van der Waals surface area contributed by atoms with Gasteiger partial charge < -0.3 is 0 Å². The maximum absolute atomic E-state index is 4.70. The monoisotopic (exact) mass is 369 g/mol. The van der Waals surface area contributed by atoms with E-state index in [1.165, 1.54) is 16.7 Å². The van der Waals surface area contributed by atoms with Crippen molar-refractivity contribution in [1.82, 2.24) is 9.91 Å². The van der Waals surface area contributed by atoms with E-state index in [-0.39, 0.29) is 0 Å². The first kappa shape index (κ1) is 18.5. The Morgan fingerprint density at radius 1 is 0.714 bits per heavy atom. The van der Waals surface area contributed by atoms with E-state index < -0.39 is 0 Å². The van der Waals surface area contributed by atoms with Crippen LogP contribution in [0.3, 0.4) is 0 Å². The standard InChI is InChI=1S/C25H27N3/c1-21-12-14-22(15-13-21)20-26-28-18-16-27(17-19-28)25(23-8-4-2-5-9-23)24-10-6-3-7-11-24/h2-15,20,25H,16-19H2,1H3/b26-20+. The lowest BCUT2D eigenvalue weighted by Crippen LogP contribution is -2.45. The Kier molecular flexibility index (Phi) is 5.83. The van der Waals surface area contributed by atoms with Gasteiger partial charge in [-0.3, -0.25) is 9.91 Å². The Bertz CT molecular complexity index is 841. The Hall–Kier alpha value is -2.91.